The monoisotopic (exact) mass is 450 g/mol. The summed E-state index contributed by atoms with van der Waals surface area (Å²) in [6.07, 6.45) is 0.877. The number of esters is 3. The highest BCUT2D eigenvalue weighted by Crippen LogP contribution is 2.24. The van der Waals surface area contributed by atoms with Crippen LogP contribution in [0, 0.1) is 5.92 Å². The fraction of sp³-hybridized carbons (Fsp3) is 0.296. The van der Waals surface area contributed by atoms with Crippen LogP contribution in [0.2, 0.25) is 0 Å². The van der Waals surface area contributed by atoms with Gasteiger partial charge < -0.3 is 14.2 Å². The van der Waals surface area contributed by atoms with Crippen molar-refractivity contribution in [3.8, 4) is 16.9 Å². The highest BCUT2D eigenvalue weighted by molar-refractivity contribution is 5.87. The Balaban J connectivity index is 2.05. The zero-order chi connectivity index (χ0) is 24.4. The maximum absolute atomic E-state index is 11.8. The summed E-state index contributed by atoms with van der Waals surface area (Å²) in [5.74, 6) is -0.928. The lowest BCUT2D eigenvalue weighted by molar-refractivity contribution is -0.144. The predicted molar refractivity (Wildman–Crippen MR) is 127 cm³/mol. The van der Waals surface area contributed by atoms with E-state index in [1.54, 1.807) is 32.9 Å². The molecule has 0 N–H and O–H groups in total. The minimum atomic E-state index is -0.477. The highest BCUT2D eigenvalue weighted by atomic mass is 16.5. The third-order valence-electron chi connectivity index (χ3n) is 4.78. The molecule has 2 aromatic carbocycles. The van der Waals surface area contributed by atoms with E-state index in [4.69, 9.17) is 14.2 Å². The summed E-state index contributed by atoms with van der Waals surface area (Å²) in [5, 5.41) is 0. The summed E-state index contributed by atoms with van der Waals surface area (Å²) >= 11 is 0. The number of carbonyl (C=O) groups is 3. The normalized spacial score (nSPS) is 10.4. The lowest BCUT2D eigenvalue weighted by atomic mass is 9.98. The van der Waals surface area contributed by atoms with Crippen LogP contribution in [0.4, 0.5) is 0 Å². The second kappa shape index (κ2) is 12.4. The molecule has 2 aromatic rings. The van der Waals surface area contributed by atoms with Crippen molar-refractivity contribution in [2.24, 2.45) is 5.92 Å². The Morgan fingerprint density at radius 3 is 1.67 bits per heavy atom. The maximum atomic E-state index is 11.8. The molecule has 0 saturated heterocycles. The number of hydrogen-bond donors (Lipinski definition) is 0. The number of hydrogen-bond acceptors (Lipinski definition) is 6. The van der Waals surface area contributed by atoms with Gasteiger partial charge in [-0.1, -0.05) is 56.5 Å². The number of rotatable bonds is 11. The van der Waals surface area contributed by atoms with Gasteiger partial charge in [0.25, 0.3) is 0 Å². The first-order valence-electron chi connectivity index (χ1n) is 10.7. The van der Waals surface area contributed by atoms with E-state index >= 15 is 0 Å². The largest absolute Gasteiger partial charge is 0.462 e. The van der Waals surface area contributed by atoms with E-state index in [1.807, 2.05) is 36.4 Å². The van der Waals surface area contributed by atoms with Crippen LogP contribution < -0.4 is 4.74 Å². The van der Waals surface area contributed by atoms with Crippen molar-refractivity contribution < 1.29 is 28.6 Å². The first-order chi connectivity index (χ1) is 15.7. The molecule has 0 fully saturated rings. The number of benzene rings is 2. The Hall–Kier alpha value is -3.67. The molecule has 0 aromatic heterocycles. The Kier molecular flexibility index (Phi) is 9.61. The van der Waals surface area contributed by atoms with Gasteiger partial charge in [0.2, 0.25) is 0 Å². The first-order valence-corrected chi connectivity index (χ1v) is 10.7. The number of carbonyl (C=O) groups excluding carboxylic acids is 3. The third kappa shape index (κ3) is 8.41. The van der Waals surface area contributed by atoms with Crippen LogP contribution in [0.25, 0.3) is 11.1 Å². The summed E-state index contributed by atoms with van der Waals surface area (Å²) in [4.78, 5) is 35.0. The van der Waals surface area contributed by atoms with Gasteiger partial charge in [0.15, 0.2) is 0 Å². The average Bonchev–Trinajstić information content (AvgIpc) is 2.81. The maximum Gasteiger partial charge on any atom is 0.333 e. The van der Waals surface area contributed by atoms with Crippen molar-refractivity contribution in [1.29, 1.82) is 0 Å². The van der Waals surface area contributed by atoms with Crippen LogP contribution in [-0.4, -0.2) is 31.1 Å². The van der Waals surface area contributed by atoms with Crippen molar-refractivity contribution in [3.63, 3.8) is 0 Å². The Bertz CT molecular complexity index is 972. The molecule has 0 radical (unpaired) electrons. The lowest BCUT2D eigenvalue weighted by Crippen LogP contribution is -2.23. The molecule has 6 heteroatoms. The van der Waals surface area contributed by atoms with Crippen LogP contribution in [0.3, 0.4) is 0 Å². The van der Waals surface area contributed by atoms with Crippen LogP contribution >= 0.6 is 0 Å². The van der Waals surface area contributed by atoms with E-state index in [0.717, 1.165) is 16.7 Å². The van der Waals surface area contributed by atoms with E-state index in [9.17, 15) is 14.4 Å². The van der Waals surface area contributed by atoms with E-state index in [1.165, 1.54) is 0 Å². The van der Waals surface area contributed by atoms with Crippen molar-refractivity contribution >= 4 is 17.9 Å². The lowest BCUT2D eigenvalue weighted by Gasteiger charge is -2.18. The Morgan fingerprint density at radius 2 is 1.24 bits per heavy atom. The standard InChI is InChI=1S/C27H30O6/c1-6-25(28)33-24-13-11-23(12-14-24)22-9-7-20(8-10-22)15-21(16-31-26(29)18(2)3)17-32-27(30)19(4)5/h7-14,21H,2,4,6,15-17H2,1,3,5H3. The summed E-state index contributed by atoms with van der Waals surface area (Å²) < 4.78 is 15.8. The molecule has 0 spiro atoms. The van der Waals surface area contributed by atoms with Crippen LogP contribution in [0.1, 0.15) is 32.8 Å². The minimum absolute atomic E-state index is 0.106. The molecule has 33 heavy (non-hydrogen) atoms. The molecule has 0 saturated carbocycles. The van der Waals surface area contributed by atoms with Gasteiger partial charge in [-0.3, -0.25) is 4.79 Å². The fourth-order valence-corrected chi connectivity index (χ4v) is 2.89. The zero-order valence-corrected chi connectivity index (χ0v) is 19.4. The minimum Gasteiger partial charge on any atom is -0.462 e. The van der Waals surface area contributed by atoms with E-state index in [2.05, 4.69) is 13.2 Å². The molecule has 0 unspecified atom stereocenters. The second-order valence-electron chi connectivity index (χ2n) is 7.88. The molecule has 174 valence electrons. The van der Waals surface area contributed by atoms with E-state index < -0.39 is 11.9 Å². The molecule has 2 rings (SSSR count). The second-order valence-corrected chi connectivity index (χ2v) is 7.88. The van der Waals surface area contributed by atoms with Gasteiger partial charge >= 0.3 is 17.9 Å². The van der Waals surface area contributed by atoms with E-state index in [0.29, 0.717) is 29.7 Å². The molecule has 0 aliphatic carbocycles. The molecule has 0 bridgehead atoms. The molecule has 6 nitrogen and oxygen atoms in total. The molecule has 0 atom stereocenters. The summed E-state index contributed by atoms with van der Waals surface area (Å²) in [6, 6.07) is 15.2. The average molecular weight is 451 g/mol. The molecular formula is C27H30O6. The fourth-order valence-electron chi connectivity index (χ4n) is 2.89. The van der Waals surface area contributed by atoms with Gasteiger partial charge in [0, 0.05) is 23.5 Å². The molecule has 0 aliphatic heterocycles. The topological polar surface area (TPSA) is 78.9 Å². The summed E-state index contributed by atoms with van der Waals surface area (Å²) in [5.41, 5.74) is 3.63. The highest BCUT2D eigenvalue weighted by Gasteiger charge is 2.17. The molecule has 0 heterocycles. The van der Waals surface area contributed by atoms with Crippen LogP contribution in [-0.2, 0) is 30.3 Å². The third-order valence-corrected chi connectivity index (χ3v) is 4.78. The van der Waals surface area contributed by atoms with Crippen molar-refractivity contribution in [2.75, 3.05) is 13.2 Å². The van der Waals surface area contributed by atoms with Gasteiger partial charge in [0.05, 0.1) is 13.2 Å². The quantitative estimate of drug-likeness (QED) is 0.270. The van der Waals surface area contributed by atoms with Gasteiger partial charge in [-0.2, -0.15) is 0 Å². The van der Waals surface area contributed by atoms with Crippen molar-refractivity contribution in [1.82, 2.24) is 0 Å². The predicted octanol–water partition coefficient (Wildman–Crippen LogP) is 5.07. The van der Waals surface area contributed by atoms with Gasteiger partial charge in [-0.05, 0) is 49.1 Å². The van der Waals surface area contributed by atoms with Crippen molar-refractivity contribution in [2.45, 2.75) is 33.6 Å². The number of ether oxygens (including phenoxy) is 3. The Morgan fingerprint density at radius 1 is 0.788 bits per heavy atom. The van der Waals surface area contributed by atoms with Gasteiger partial charge in [-0.15, -0.1) is 0 Å². The zero-order valence-electron chi connectivity index (χ0n) is 19.4. The smallest absolute Gasteiger partial charge is 0.333 e. The van der Waals surface area contributed by atoms with Crippen LogP contribution in [0.5, 0.6) is 5.75 Å². The molecule has 0 amide bonds. The molecular weight excluding hydrogens is 420 g/mol. The summed E-state index contributed by atoms with van der Waals surface area (Å²) in [6.45, 7) is 12.3. The molecule has 0 aliphatic rings. The first kappa shape index (κ1) is 25.6. The Labute approximate surface area is 194 Å². The SMILES string of the molecule is C=C(C)C(=O)OCC(COC(=O)C(=C)C)Cc1ccc(-c2ccc(OC(=O)CC)cc2)cc1. The van der Waals surface area contributed by atoms with Gasteiger partial charge in [0.1, 0.15) is 5.75 Å². The van der Waals surface area contributed by atoms with E-state index in [-0.39, 0.29) is 25.1 Å². The van der Waals surface area contributed by atoms with Crippen molar-refractivity contribution in [3.05, 3.63) is 78.4 Å². The van der Waals surface area contributed by atoms with Gasteiger partial charge in [-0.25, -0.2) is 9.59 Å². The van der Waals surface area contributed by atoms with Crippen LogP contribution in [0.15, 0.2) is 72.8 Å². The summed E-state index contributed by atoms with van der Waals surface area (Å²) in [7, 11) is 0.